The quantitative estimate of drug-likeness (QED) is 0.693. The molecule has 2 N–H and O–H groups in total. The molecule has 0 aliphatic carbocycles. The third-order valence-electron chi connectivity index (χ3n) is 3.35. The van der Waals surface area contributed by atoms with Crippen molar-refractivity contribution in [3.8, 4) is 5.75 Å². The van der Waals surface area contributed by atoms with Crippen molar-refractivity contribution in [3.63, 3.8) is 0 Å². The summed E-state index contributed by atoms with van der Waals surface area (Å²) in [5, 5.41) is 13.9. The Balaban J connectivity index is 0.00000192. The van der Waals surface area contributed by atoms with Crippen molar-refractivity contribution in [2.45, 2.75) is 12.3 Å². The first-order valence-electron chi connectivity index (χ1n) is 6.72. The van der Waals surface area contributed by atoms with Crippen molar-refractivity contribution in [1.82, 2.24) is 4.98 Å². The van der Waals surface area contributed by atoms with Gasteiger partial charge in [-0.15, -0.1) is 11.8 Å². The van der Waals surface area contributed by atoms with Crippen LogP contribution in [0.1, 0.15) is 17.8 Å². The highest BCUT2D eigenvalue weighted by Crippen LogP contribution is 2.29. The van der Waals surface area contributed by atoms with Crippen LogP contribution < -0.4 is 5.32 Å². The summed E-state index contributed by atoms with van der Waals surface area (Å²) in [4.78, 5) is 17.5. The number of hydrogen-bond acceptors (Lipinski definition) is 4. The Bertz CT molecular complexity index is 849. The predicted octanol–water partition coefficient (Wildman–Crippen LogP) is 4.55. The maximum Gasteiger partial charge on any atom is 0.259 e. The van der Waals surface area contributed by atoms with Gasteiger partial charge in [-0.05, 0) is 30.5 Å². The zero-order valence-electron chi connectivity index (χ0n) is 11.9. The van der Waals surface area contributed by atoms with Gasteiger partial charge >= 0.3 is 0 Å². The predicted molar refractivity (Wildman–Crippen MR) is 96.3 cm³/mol. The summed E-state index contributed by atoms with van der Waals surface area (Å²) >= 11 is 1.55. The number of pyridine rings is 1. The van der Waals surface area contributed by atoms with E-state index in [0.717, 1.165) is 16.0 Å². The van der Waals surface area contributed by atoms with E-state index < -0.39 is 0 Å². The first-order valence-corrected chi connectivity index (χ1v) is 7.94. The molecule has 5 heteroatoms. The Kier molecular flexibility index (Phi) is 5.24. The summed E-state index contributed by atoms with van der Waals surface area (Å²) in [5.74, 6) is -0.455. The number of carbonyl (C=O) groups is 1. The molecule has 0 bridgehead atoms. The summed E-state index contributed by atoms with van der Waals surface area (Å²) in [6, 6.07) is 14.6. The molecule has 0 unspecified atom stereocenters. The van der Waals surface area contributed by atoms with E-state index in [1.54, 1.807) is 36.2 Å². The first-order chi connectivity index (χ1) is 10.7. The number of hydrogen-bond donors (Lipinski definition) is 2. The molecule has 3 aromatic rings. The largest absolute Gasteiger partial charge is 0.505 e. The van der Waals surface area contributed by atoms with Gasteiger partial charge in [0.05, 0.1) is 11.3 Å². The number of aromatic nitrogens is 1. The number of amides is 1. The van der Waals surface area contributed by atoms with Gasteiger partial charge in [-0.3, -0.25) is 9.78 Å². The van der Waals surface area contributed by atoms with Crippen LogP contribution in [0.5, 0.6) is 5.75 Å². The highest BCUT2D eigenvalue weighted by molar-refractivity contribution is 7.98. The summed E-state index contributed by atoms with van der Waals surface area (Å²) in [6.07, 6.45) is 3.54. The Labute approximate surface area is 139 Å². The molecular weight excluding hydrogens is 308 g/mol. The van der Waals surface area contributed by atoms with Gasteiger partial charge in [0.2, 0.25) is 0 Å². The molecule has 0 spiro atoms. The van der Waals surface area contributed by atoms with Crippen LogP contribution in [-0.2, 0) is 0 Å². The lowest BCUT2D eigenvalue weighted by Crippen LogP contribution is -2.12. The average Bonchev–Trinajstić information content (AvgIpc) is 2.56. The SMILES string of the molecule is C.CSc1ccccc1NC(=O)c1ccc2cccnc2c1O. The van der Waals surface area contributed by atoms with Crippen LogP contribution in [0.4, 0.5) is 5.69 Å². The number of aromatic hydroxyl groups is 1. The highest BCUT2D eigenvalue weighted by atomic mass is 32.2. The minimum atomic E-state index is -0.355. The molecule has 0 fully saturated rings. The second kappa shape index (κ2) is 7.15. The van der Waals surface area contributed by atoms with E-state index in [1.165, 1.54) is 0 Å². The molecule has 1 amide bonds. The van der Waals surface area contributed by atoms with Crippen LogP contribution in [0.2, 0.25) is 0 Å². The smallest absolute Gasteiger partial charge is 0.259 e. The number of fused-ring (bicyclic) bond motifs is 1. The fourth-order valence-corrected chi connectivity index (χ4v) is 2.80. The van der Waals surface area contributed by atoms with E-state index in [9.17, 15) is 9.90 Å². The third kappa shape index (κ3) is 3.29. The molecule has 0 atom stereocenters. The van der Waals surface area contributed by atoms with Crippen molar-refractivity contribution in [2.24, 2.45) is 0 Å². The van der Waals surface area contributed by atoms with Gasteiger partial charge in [-0.2, -0.15) is 0 Å². The minimum Gasteiger partial charge on any atom is -0.505 e. The second-order valence-corrected chi connectivity index (χ2v) is 5.54. The van der Waals surface area contributed by atoms with Crippen LogP contribution in [0.3, 0.4) is 0 Å². The Morgan fingerprint density at radius 1 is 1.13 bits per heavy atom. The number of carbonyl (C=O) groups excluding carboxylic acids is 1. The van der Waals surface area contributed by atoms with Crippen LogP contribution in [0.25, 0.3) is 10.9 Å². The number of nitrogens with zero attached hydrogens (tertiary/aromatic N) is 1. The van der Waals surface area contributed by atoms with Gasteiger partial charge in [0.15, 0.2) is 5.75 Å². The monoisotopic (exact) mass is 326 g/mol. The average molecular weight is 326 g/mol. The Morgan fingerprint density at radius 3 is 2.70 bits per heavy atom. The lowest BCUT2D eigenvalue weighted by atomic mass is 10.1. The van der Waals surface area contributed by atoms with Crippen LogP contribution >= 0.6 is 11.8 Å². The molecule has 4 nitrogen and oxygen atoms in total. The maximum absolute atomic E-state index is 12.4. The second-order valence-electron chi connectivity index (χ2n) is 4.69. The van der Waals surface area contributed by atoms with Crippen LogP contribution in [0, 0.1) is 0 Å². The molecule has 0 radical (unpaired) electrons. The summed E-state index contributed by atoms with van der Waals surface area (Å²) in [6.45, 7) is 0. The highest BCUT2D eigenvalue weighted by Gasteiger charge is 2.15. The molecular formula is C18H18N2O2S. The number of rotatable bonds is 3. The number of para-hydroxylation sites is 1. The van der Waals surface area contributed by atoms with E-state index in [-0.39, 0.29) is 24.6 Å². The molecule has 1 heterocycles. The topological polar surface area (TPSA) is 62.2 Å². The standard InChI is InChI=1S/C17H14N2O2S.CH4/c1-22-14-7-3-2-6-13(14)19-17(21)12-9-8-11-5-4-10-18-15(11)16(12)20;/h2-10,20H,1H3,(H,19,21);1H4. The molecule has 3 rings (SSSR count). The van der Waals surface area contributed by atoms with Gasteiger partial charge in [-0.1, -0.05) is 31.7 Å². The maximum atomic E-state index is 12.4. The van der Waals surface area contributed by atoms with Gasteiger partial charge in [0.25, 0.3) is 5.91 Å². The fraction of sp³-hybridized carbons (Fsp3) is 0.111. The van der Waals surface area contributed by atoms with E-state index in [4.69, 9.17) is 0 Å². The first kappa shape index (κ1) is 16.8. The lowest BCUT2D eigenvalue weighted by Gasteiger charge is -2.11. The van der Waals surface area contributed by atoms with Gasteiger partial charge < -0.3 is 10.4 Å². The molecule has 0 saturated heterocycles. The molecule has 2 aromatic carbocycles. The molecule has 0 aliphatic rings. The molecule has 1 aromatic heterocycles. The van der Waals surface area contributed by atoms with Crippen molar-refractivity contribution in [2.75, 3.05) is 11.6 Å². The van der Waals surface area contributed by atoms with Crippen molar-refractivity contribution >= 4 is 34.3 Å². The third-order valence-corrected chi connectivity index (χ3v) is 4.14. The number of nitrogens with one attached hydrogen (secondary N) is 1. The number of phenols is 1. The van der Waals surface area contributed by atoms with E-state index >= 15 is 0 Å². The number of benzene rings is 2. The number of thioether (sulfide) groups is 1. The van der Waals surface area contributed by atoms with Gasteiger partial charge in [0, 0.05) is 16.5 Å². The summed E-state index contributed by atoms with van der Waals surface area (Å²) in [7, 11) is 0. The lowest BCUT2D eigenvalue weighted by molar-refractivity contribution is 0.102. The van der Waals surface area contributed by atoms with Crippen molar-refractivity contribution in [3.05, 3.63) is 60.3 Å². The van der Waals surface area contributed by atoms with Gasteiger partial charge in [-0.25, -0.2) is 0 Å². The van der Waals surface area contributed by atoms with Crippen LogP contribution in [-0.4, -0.2) is 22.3 Å². The van der Waals surface area contributed by atoms with Crippen molar-refractivity contribution < 1.29 is 9.90 Å². The number of anilines is 1. The normalized spacial score (nSPS) is 10.1. The minimum absolute atomic E-state index is 0. The van der Waals surface area contributed by atoms with Gasteiger partial charge in [0.1, 0.15) is 5.52 Å². The summed E-state index contributed by atoms with van der Waals surface area (Å²) < 4.78 is 0. The zero-order chi connectivity index (χ0) is 15.5. The van der Waals surface area contributed by atoms with Crippen LogP contribution in [0.15, 0.2) is 59.6 Å². The molecule has 0 aliphatic heterocycles. The zero-order valence-corrected chi connectivity index (χ0v) is 12.7. The Hall–Kier alpha value is -2.53. The van der Waals surface area contributed by atoms with Crippen molar-refractivity contribution in [1.29, 1.82) is 0 Å². The molecule has 0 saturated carbocycles. The van der Waals surface area contributed by atoms with E-state index in [0.29, 0.717) is 5.52 Å². The number of phenolic OH excluding ortho intramolecular Hbond substituents is 1. The van der Waals surface area contributed by atoms with E-state index in [2.05, 4.69) is 10.3 Å². The molecule has 23 heavy (non-hydrogen) atoms. The fourth-order valence-electron chi connectivity index (χ4n) is 2.25. The Morgan fingerprint density at radius 2 is 1.91 bits per heavy atom. The molecule has 118 valence electrons. The van der Waals surface area contributed by atoms with E-state index in [1.807, 2.05) is 36.6 Å². The summed E-state index contributed by atoms with van der Waals surface area (Å²) in [5.41, 5.74) is 1.36.